The molecule has 3 rings (SSSR count). The molecule has 0 radical (unpaired) electrons. The lowest BCUT2D eigenvalue weighted by atomic mass is 10.2. The van der Waals surface area contributed by atoms with Gasteiger partial charge in [0, 0.05) is 20.1 Å². The van der Waals surface area contributed by atoms with E-state index in [1.807, 2.05) is 42.3 Å². The Bertz CT molecular complexity index is 727. The van der Waals surface area contributed by atoms with E-state index in [2.05, 4.69) is 10.4 Å². The SMILES string of the molecule is CNC(=S)N1CCCN1C(=O)c1cnn(-c2ccccc2)c1C. The smallest absolute Gasteiger partial charge is 0.275 e. The molecule has 1 saturated heterocycles. The molecule has 1 N–H and O–H groups in total. The van der Waals surface area contributed by atoms with Crippen molar-refractivity contribution in [1.82, 2.24) is 25.1 Å². The second kappa shape index (κ2) is 6.37. The minimum Gasteiger partial charge on any atom is -0.364 e. The lowest BCUT2D eigenvalue weighted by molar-refractivity contribution is 0.0492. The second-order valence-corrected chi connectivity index (χ2v) is 5.74. The Morgan fingerprint density at radius 3 is 2.61 bits per heavy atom. The summed E-state index contributed by atoms with van der Waals surface area (Å²) in [6.45, 7) is 3.32. The maximum Gasteiger partial charge on any atom is 0.275 e. The number of nitrogens with one attached hydrogen (secondary N) is 1. The maximum absolute atomic E-state index is 12.9. The van der Waals surface area contributed by atoms with Crippen LogP contribution in [-0.2, 0) is 0 Å². The highest BCUT2D eigenvalue weighted by Gasteiger charge is 2.31. The summed E-state index contributed by atoms with van der Waals surface area (Å²) in [7, 11) is 1.77. The van der Waals surface area contributed by atoms with Crippen molar-refractivity contribution in [2.75, 3.05) is 20.1 Å². The Labute approximate surface area is 140 Å². The molecule has 120 valence electrons. The van der Waals surface area contributed by atoms with Crippen LogP contribution in [0.5, 0.6) is 0 Å². The van der Waals surface area contributed by atoms with Gasteiger partial charge in [-0.15, -0.1) is 0 Å². The molecule has 0 atom stereocenters. The molecule has 1 amide bonds. The van der Waals surface area contributed by atoms with Crippen molar-refractivity contribution < 1.29 is 4.79 Å². The molecule has 23 heavy (non-hydrogen) atoms. The van der Waals surface area contributed by atoms with Gasteiger partial charge in [0.1, 0.15) is 0 Å². The molecule has 1 fully saturated rings. The molecule has 0 spiro atoms. The number of amides is 1. The van der Waals surface area contributed by atoms with E-state index in [0.29, 0.717) is 17.2 Å². The molecule has 1 aromatic heterocycles. The third kappa shape index (κ3) is 2.79. The number of benzene rings is 1. The third-order valence-electron chi connectivity index (χ3n) is 3.95. The van der Waals surface area contributed by atoms with Crippen LogP contribution >= 0.6 is 12.2 Å². The predicted octanol–water partition coefficient (Wildman–Crippen LogP) is 1.75. The lowest BCUT2D eigenvalue weighted by Crippen LogP contribution is -2.48. The zero-order valence-electron chi connectivity index (χ0n) is 13.2. The number of carbonyl (C=O) groups excluding carboxylic acids is 1. The van der Waals surface area contributed by atoms with E-state index in [1.165, 1.54) is 0 Å². The molecule has 2 aromatic rings. The molecule has 0 bridgehead atoms. The van der Waals surface area contributed by atoms with Gasteiger partial charge in [-0.05, 0) is 37.7 Å². The summed E-state index contributed by atoms with van der Waals surface area (Å²) in [5.74, 6) is -0.0696. The Balaban J connectivity index is 1.89. The van der Waals surface area contributed by atoms with Gasteiger partial charge in [0.25, 0.3) is 5.91 Å². The number of thiocarbonyl (C=S) groups is 1. The van der Waals surface area contributed by atoms with E-state index in [9.17, 15) is 4.79 Å². The maximum atomic E-state index is 12.9. The standard InChI is InChI=1S/C16H19N5OS/c1-12-14(11-18-21(12)13-7-4-3-5-8-13)15(22)19-9-6-10-20(19)16(23)17-2/h3-5,7-8,11H,6,9-10H2,1-2H3,(H,17,23). The molecule has 1 aliphatic rings. The number of rotatable bonds is 2. The van der Waals surface area contributed by atoms with Crippen LogP contribution in [0.15, 0.2) is 36.5 Å². The van der Waals surface area contributed by atoms with Crippen LogP contribution in [0.25, 0.3) is 5.69 Å². The van der Waals surface area contributed by atoms with Crippen molar-refractivity contribution in [3.63, 3.8) is 0 Å². The number of hydrogen-bond acceptors (Lipinski definition) is 3. The molecule has 0 aliphatic carbocycles. The van der Waals surface area contributed by atoms with E-state index in [0.717, 1.165) is 24.3 Å². The van der Waals surface area contributed by atoms with Crippen LogP contribution in [0.3, 0.4) is 0 Å². The summed E-state index contributed by atoms with van der Waals surface area (Å²) >= 11 is 5.28. The number of hydrazine groups is 1. The largest absolute Gasteiger partial charge is 0.364 e. The van der Waals surface area contributed by atoms with E-state index < -0.39 is 0 Å². The highest BCUT2D eigenvalue weighted by atomic mass is 32.1. The van der Waals surface area contributed by atoms with Crippen molar-refractivity contribution in [3.05, 3.63) is 47.8 Å². The average Bonchev–Trinajstić information content (AvgIpc) is 3.21. The molecule has 0 unspecified atom stereocenters. The van der Waals surface area contributed by atoms with Crippen LogP contribution in [-0.4, -0.2) is 51.0 Å². The van der Waals surface area contributed by atoms with Gasteiger partial charge in [-0.3, -0.25) is 9.80 Å². The summed E-state index contributed by atoms with van der Waals surface area (Å²) in [6.07, 6.45) is 2.53. The molecule has 1 aromatic carbocycles. The van der Waals surface area contributed by atoms with Gasteiger partial charge >= 0.3 is 0 Å². The first-order chi connectivity index (χ1) is 11.1. The average molecular weight is 329 g/mol. The highest BCUT2D eigenvalue weighted by molar-refractivity contribution is 7.80. The summed E-state index contributed by atoms with van der Waals surface area (Å²) in [4.78, 5) is 12.9. The molecule has 7 heteroatoms. The Morgan fingerprint density at radius 1 is 1.22 bits per heavy atom. The fraction of sp³-hybridized carbons (Fsp3) is 0.312. The highest BCUT2D eigenvalue weighted by Crippen LogP contribution is 2.19. The number of hydrogen-bond donors (Lipinski definition) is 1. The fourth-order valence-electron chi connectivity index (χ4n) is 2.75. The second-order valence-electron chi connectivity index (χ2n) is 5.35. The lowest BCUT2D eigenvalue weighted by Gasteiger charge is -2.29. The number of aromatic nitrogens is 2. The summed E-state index contributed by atoms with van der Waals surface area (Å²) in [5.41, 5.74) is 2.36. The summed E-state index contributed by atoms with van der Waals surface area (Å²) in [6, 6.07) is 9.78. The molecule has 0 saturated carbocycles. The van der Waals surface area contributed by atoms with Crippen molar-refractivity contribution in [2.24, 2.45) is 0 Å². The number of para-hydroxylation sites is 1. The van der Waals surface area contributed by atoms with Crippen LogP contribution in [0, 0.1) is 6.92 Å². The van der Waals surface area contributed by atoms with Crippen molar-refractivity contribution in [2.45, 2.75) is 13.3 Å². The van der Waals surface area contributed by atoms with E-state index in [1.54, 1.807) is 22.9 Å². The monoisotopic (exact) mass is 329 g/mol. The first-order valence-corrected chi connectivity index (χ1v) is 7.95. The zero-order valence-corrected chi connectivity index (χ0v) is 14.0. The van der Waals surface area contributed by atoms with E-state index in [4.69, 9.17) is 12.2 Å². The van der Waals surface area contributed by atoms with Gasteiger partial charge in [0.2, 0.25) is 0 Å². The van der Waals surface area contributed by atoms with Crippen LogP contribution < -0.4 is 5.32 Å². The zero-order chi connectivity index (χ0) is 16.4. The molecular weight excluding hydrogens is 310 g/mol. The molecular formula is C16H19N5OS. The van der Waals surface area contributed by atoms with Gasteiger partial charge in [0.05, 0.1) is 23.1 Å². The van der Waals surface area contributed by atoms with Crippen LogP contribution in [0.4, 0.5) is 0 Å². The van der Waals surface area contributed by atoms with Crippen molar-refractivity contribution in [1.29, 1.82) is 0 Å². The first kappa shape index (κ1) is 15.5. The molecule has 6 nitrogen and oxygen atoms in total. The first-order valence-electron chi connectivity index (χ1n) is 7.54. The minimum absolute atomic E-state index is 0.0696. The van der Waals surface area contributed by atoms with Gasteiger partial charge in [-0.25, -0.2) is 9.69 Å². The summed E-state index contributed by atoms with van der Waals surface area (Å²) in [5, 5.41) is 11.4. The van der Waals surface area contributed by atoms with Gasteiger partial charge in [-0.1, -0.05) is 18.2 Å². The van der Waals surface area contributed by atoms with Gasteiger partial charge in [0.15, 0.2) is 5.11 Å². The van der Waals surface area contributed by atoms with Gasteiger partial charge < -0.3 is 5.32 Å². The summed E-state index contributed by atoms with van der Waals surface area (Å²) < 4.78 is 1.78. The Morgan fingerprint density at radius 2 is 1.91 bits per heavy atom. The van der Waals surface area contributed by atoms with E-state index >= 15 is 0 Å². The van der Waals surface area contributed by atoms with E-state index in [-0.39, 0.29) is 5.91 Å². The molecule has 2 heterocycles. The number of carbonyl (C=O) groups is 1. The fourth-order valence-corrected chi connectivity index (χ4v) is 2.94. The van der Waals surface area contributed by atoms with Gasteiger partial charge in [-0.2, -0.15) is 5.10 Å². The van der Waals surface area contributed by atoms with Crippen molar-refractivity contribution in [3.8, 4) is 5.69 Å². The van der Waals surface area contributed by atoms with Crippen molar-refractivity contribution >= 4 is 23.2 Å². The predicted molar refractivity (Wildman–Crippen MR) is 92.3 cm³/mol. The third-order valence-corrected chi connectivity index (χ3v) is 4.37. The Kier molecular flexibility index (Phi) is 4.29. The van der Waals surface area contributed by atoms with Crippen LogP contribution in [0.2, 0.25) is 0 Å². The normalized spacial score (nSPS) is 14.2. The minimum atomic E-state index is -0.0696. The van der Waals surface area contributed by atoms with Crippen LogP contribution in [0.1, 0.15) is 22.5 Å². The Hall–Kier alpha value is -2.41. The molecule has 1 aliphatic heterocycles. The number of nitrogens with zero attached hydrogens (tertiary/aromatic N) is 4. The quantitative estimate of drug-likeness (QED) is 0.851. The topological polar surface area (TPSA) is 53.4 Å².